The molecule has 0 aliphatic carbocycles. The van der Waals surface area contributed by atoms with E-state index in [1.54, 1.807) is 6.92 Å². The molecule has 8 nitrogen and oxygen atoms in total. The van der Waals surface area contributed by atoms with E-state index in [9.17, 15) is 10.1 Å². The SMILES string of the molecule is Cc1c([N+](=O)[O-])cnn1Cc1nnc(-c2cccs2)o1. The van der Waals surface area contributed by atoms with Gasteiger partial charge >= 0.3 is 5.69 Å². The van der Waals surface area contributed by atoms with E-state index in [0.29, 0.717) is 17.5 Å². The first-order valence-corrected chi connectivity index (χ1v) is 6.56. The summed E-state index contributed by atoms with van der Waals surface area (Å²) in [5.41, 5.74) is 0.425. The van der Waals surface area contributed by atoms with E-state index >= 15 is 0 Å². The third-order valence-corrected chi connectivity index (χ3v) is 3.62. The first-order chi connectivity index (χ1) is 9.65. The van der Waals surface area contributed by atoms with Crippen molar-refractivity contribution in [3.63, 3.8) is 0 Å². The van der Waals surface area contributed by atoms with Crippen LogP contribution in [-0.2, 0) is 6.54 Å². The Morgan fingerprint density at radius 1 is 1.50 bits per heavy atom. The van der Waals surface area contributed by atoms with Crippen molar-refractivity contribution in [1.82, 2.24) is 20.0 Å². The van der Waals surface area contributed by atoms with Gasteiger partial charge in [0.2, 0.25) is 5.89 Å². The van der Waals surface area contributed by atoms with Crippen LogP contribution in [0.2, 0.25) is 0 Å². The molecule has 3 aromatic rings. The van der Waals surface area contributed by atoms with Crippen LogP contribution in [0.1, 0.15) is 11.6 Å². The normalized spacial score (nSPS) is 10.8. The highest BCUT2D eigenvalue weighted by Crippen LogP contribution is 2.23. The van der Waals surface area contributed by atoms with Crippen molar-refractivity contribution in [2.75, 3.05) is 0 Å². The number of hydrogen-bond donors (Lipinski definition) is 0. The second-order valence-electron chi connectivity index (χ2n) is 4.01. The molecule has 3 rings (SSSR count). The molecule has 9 heteroatoms. The average Bonchev–Trinajstić information content (AvgIpc) is 3.12. The summed E-state index contributed by atoms with van der Waals surface area (Å²) in [6.45, 7) is 1.83. The summed E-state index contributed by atoms with van der Waals surface area (Å²) in [5, 5.41) is 24.5. The Kier molecular flexibility index (Phi) is 3.03. The molecule has 102 valence electrons. The summed E-state index contributed by atoms with van der Waals surface area (Å²) in [4.78, 5) is 11.2. The van der Waals surface area contributed by atoms with Gasteiger partial charge in [0.05, 0.1) is 9.80 Å². The van der Waals surface area contributed by atoms with E-state index in [0.717, 1.165) is 4.88 Å². The fourth-order valence-corrected chi connectivity index (χ4v) is 2.36. The highest BCUT2D eigenvalue weighted by molar-refractivity contribution is 7.13. The maximum absolute atomic E-state index is 10.7. The first kappa shape index (κ1) is 12.5. The molecule has 0 aliphatic rings. The molecular weight excluding hydrogens is 282 g/mol. The van der Waals surface area contributed by atoms with Crippen LogP contribution < -0.4 is 0 Å². The van der Waals surface area contributed by atoms with Crippen LogP contribution in [0.5, 0.6) is 0 Å². The highest BCUT2D eigenvalue weighted by atomic mass is 32.1. The lowest BCUT2D eigenvalue weighted by Gasteiger charge is -1.98. The monoisotopic (exact) mass is 291 g/mol. The molecule has 0 radical (unpaired) electrons. The standard InChI is InChI=1S/C11H9N5O3S/c1-7-8(16(17)18)5-12-15(7)6-10-13-14-11(19-10)9-3-2-4-20-9/h2-5H,6H2,1H3. The maximum atomic E-state index is 10.7. The van der Waals surface area contributed by atoms with Crippen molar-refractivity contribution >= 4 is 17.0 Å². The van der Waals surface area contributed by atoms with Gasteiger partial charge in [0, 0.05) is 0 Å². The fourth-order valence-electron chi connectivity index (χ4n) is 1.72. The predicted molar refractivity (Wildman–Crippen MR) is 70.3 cm³/mol. The van der Waals surface area contributed by atoms with Crippen molar-refractivity contribution in [2.24, 2.45) is 0 Å². The molecule has 0 aliphatic heterocycles. The number of nitrogens with zero attached hydrogens (tertiary/aromatic N) is 5. The van der Waals surface area contributed by atoms with Crippen molar-refractivity contribution in [2.45, 2.75) is 13.5 Å². The van der Waals surface area contributed by atoms with E-state index in [1.165, 1.54) is 22.2 Å². The second-order valence-corrected chi connectivity index (χ2v) is 4.96. The minimum Gasteiger partial charge on any atom is -0.418 e. The van der Waals surface area contributed by atoms with E-state index in [-0.39, 0.29) is 12.2 Å². The predicted octanol–water partition coefficient (Wildman–Crippen LogP) is 2.26. The van der Waals surface area contributed by atoms with Crippen molar-refractivity contribution in [3.8, 4) is 10.8 Å². The van der Waals surface area contributed by atoms with Gasteiger partial charge in [-0.25, -0.2) is 0 Å². The van der Waals surface area contributed by atoms with Gasteiger partial charge in [-0.2, -0.15) is 5.10 Å². The maximum Gasteiger partial charge on any atom is 0.309 e. The molecule has 0 unspecified atom stereocenters. The van der Waals surface area contributed by atoms with Crippen molar-refractivity contribution in [1.29, 1.82) is 0 Å². The van der Waals surface area contributed by atoms with Crippen LogP contribution in [0.25, 0.3) is 10.8 Å². The van der Waals surface area contributed by atoms with Gasteiger partial charge in [0.1, 0.15) is 18.4 Å². The average molecular weight is 291 g/mol. The van der Waals surface area contributed by atoms with Gasteiger partial charge in [-0.1, -0.05) is 6.07 Å². The molecule has 0 N–H and O–H groups in total. The van der Waals surface area contributed by atoms with E-state index in [1.807, 2.05) is 17.5 Å². The molecule has 3 heterocycles. The van der Waals surface area contributed by atoms with Gasteiger partial charge in [-0.05, 0) is 18.4 Å². The molecule has 0 spiro atoms. The number of thiophene rings is 1. The summed E-state index contributed by atoms with van der Waals surface area (Å²) < 4.78 is 6.98. The number of hydrogen-bond acceptors (Lipinski definition) is 7. The number of rotatable bonds is 4. The molecule has 0 atom stereocenters. The van der Waals surface area contributed by atoms with E-state index in [2.05, 4.69) is 15.3 Å². The van der Waals surface area contributed by atoms with Gasteiger partial charge < -0.3 is 4.42 Å². The smallest absolute Gasteiger partial charge is 0.309 e. The van der Waals surface area contributed by atoms with Crippen LogP contribution in [0, 0.1) is 17.0 Å². The largest absolute Gasteiger partial charge is 0.418 e. The minimum atomic E-state index is -0.469. The molecule has 0 bridgehead atoms. The topological polar surface area (TPSA) is 99.9 Å². The van der Waals surface area contributed by atoms with Gasteiger partial charge in [0.15, 0.2) is 0 Å². The van der Waals surface area contributed by atoms with Gasteiger partial charge in [-0.15, -0.1) is 21.5 Å². The molecule has 0 fully saturated rings. The first-order valence-electron chi connectivity index (χ1n) is 5.68. The van der Waals surface area contributed by atoms with Crippen LogP contribution in [-0.4, -0.2) is 24.9 Å². The Morgan fingerprint density at radius 3 is 3.00 bits per heavy atom. The third kappa shape index (κ3) is 2.18. The van der Waals surface area contributed by atoms with Crippen LogP contribution in [0.15, 0.2) is 28.1 Å². The summed E-state index contributed by atoms with van der Waals surface area (Å²) in [6, 6.07) is 3.77. The Labute approximate surface area is 116 Å². The lowest BCUT2D eigenvalue weighted by molar-refractivity contribution is -0.385. The zero-order valence-corrected chi connectivity index (χ0v) is 11.2. The Bertz CT molecular complexity index is 746. The Morgan fingerprint density at radius 2 is 2.35 bits per heavy atom. The summed E-state index contributed by atoms with van der Waals surface area (Å²) in [7, 11) is 0. The lowest BCUT2D eigenvalue weighted by Crippen LogP contribution is -2.04. The number of aromatic nitrogens is 4. The molecule has 20 heavy (non-hydrogen) atoms. The van der Waals surface area contributed by atoms with Crippen molar-refractivity contribution < 1.29 is 9.34 Å². The molecular formula is C11H9N5O3S. The third-order valence-electron chi connectivity index (χ3n) is 2.76. The quantitative estimate of drug-likeness (QED) is 0.540. The van der Waals surface area contributed by atoms with Crippen molar-refractivity contribution in [3.05, 3.63) is 45.4 Å². The summed E-state index contributed by atoms with van der Waals surface area (Å²) in [5.74, 6) is 0.795. The molecule has 3 aromatic heterocycles. The Balaban J connectivity index is 1.84. The minimum absolute atomic E-state index is 0.0250. The van der Waals surface area contributed by atoms with E-state index in [4.69, 9.17) is 4.42 Å². The zero-order chi connectivity index (χ0) is 14.1. The van der Waals surface area contributed by atoms with Gasteiger partial charge in [-0.3, -0.25) is 14.8 Å². The molecule has 0 aromatic carbocycles. The van der Waals surface area contributed by atoms with Crippen LogP contribution in [0.4, 0.5) is 5.69 Å². The molecule has 0 amide bonds. The van der Waals surface area contributed by atoms with Crippen LogP contribution in [0.3, 0.4) is 0 Å². The summed E-state index contributed by atoms with van der Waals surface area (Å²) >= 11 is 1.50. The Hall–Kier alpha value is -2.55. The fraction of sp³-hybridized carbons (Fsp3) is 0.182. The summed E-state index contributed by atoms with van der Waals surface area (Å²) in [6.07, 6.45) is 1.21. The second kappa shape index (κ2) is 4.85. The van der Waals surface area contributed by atoms with E-state index < -0.39 is 4.92 Å². The highest BCUT2D eigenvalue weighted by Gasteiger charge is 2.18. The van der Waals surface area contributed by atoms with Crippen LogP contribution >= 0.6 is 11.3 Å². The van der Waals surface area contributed by atoms with Gasteiger partial charge in [0.25, 0.3) is 5.89 Å². The molecule has 0 saturated heterocycles. The zero-order valence-electron chi connectivity index (χ0n) is 10.4. The molecule has 0 saturated carbocycles. The lowest BCUT2D eigenvalue weighted by atomic mass is 10.4. The number of nitro groups is 1.